The van der Waals surface area contributed by atoms with E-state index < -0.39 is 5.82 Å². The fourth-order valence-electron chi connectivity index (χ4n) is 4.26. The van der Waals surface area contributed by atoms with Crippen molar-refractivity contribution in [1.82, 2.24) is 9.47 Å². The molecule has 1 heterocycles. The van der Waals surface area contributed by atoms with Crippen LogP contribution in [0.25, 0.3) is 10.9 Å². The van der Waals surface area contributed by atoms with Crippen LogP contribution in [0.5, 0.6) is 0 Å². The van der Waals surface area contributed by atoms with Crippen LogP contribution in [-0.4, -0.2) is 20.6 Å². The molecule has 2 aromatic carbocycles. The molecule has 6 heteroatoms. The number of hydrogen-bond donors (Lipinski definition) is 1. The van der Waals surface area contributed by atoms with Crippen LogP contribution < -0.4 is 5.32 Å². The number of thiocarbonyl (C=S) groups is 1. The summed E-state index contributed by atoms with van der Waals surface area (Å²) in [6.07, 6.45) is 8.20. The second-order valence-corrected chi connectivity index (χ2v) is 8.56. The standard InChI is InChI=1S/C23H25ClFN3S/c1-27-14-16(19-9-5-6-10-22(19)27)15-28(18-7-3-2-4-8-18)23(29)26-17-11-12-21(25)20(24)13-17/h5-6,9-14,18H,2-4,7-8,15H2,1H3,(H,26,29). The molecule has 0 bridgehead atoms. The number of fused-ring (bicyclic) bond motifs is 1. The van der Waals surface area contributed by atoms with E-state index in [2.05, 4.69) is 52.3 Å². The number of nitrogens with zero attached hydrogens (tertiary/aromatic N) is 2. The Kier molecular flexibility index (Phi) is 6.07. The Morgan fingerprint density at radius 1 is 1.21 bits per heavy atom. The molecule has 29 heavy (non-hydrogen) atoms. The summed E-state index contributed by atoms with van der Waals surface area (Å²) in [5.74, 6) is -0.428. The van der Waals surface area contributed by atoms with Crippen molar-refractivity contribution in [3.05, 3.63) is 65.1 Å². The summed E-state index contributed by atoms with van der Waals surface area (Å²) in [6, 6.07) is 13.5. The van der Waals surface area contributed by atoms with E-state index in [0.717, 1.165) is 19.4 Å². The van der Waals surface area contributed by atoms with E-state index >= 15 is 0 Å². The molecule has 4 rings (SSSR count). The average molecular weight is 430 g/mol. The lowest BCUT2D eigenvalue weighted by molar-refractivity contribution is 0.241. The van der Waals surface area contributed by atoms with E-state index in [0.29, 0.717) is 16.8 Å². The van der Waals surface area contributed by atoms with E-state index in [1.165, 1.54) is 41.8 Å². The van der Waals surface area contributed by atoms with Gasteiger partial charge in [-0.05, 0) is 54.9 Å². The molecule has 0 spiro atoms. The molecule has 1 saturated carbocycles. The van der Waals surface area contributed by atoms with Gasteiger partial charge in [-0.2, -0.15) is 0 Å². The number of aromatic nitrogens is 1. The van der Waals surface area contributed by atoms with Gasteiger partial charge in [-0.25, -0.2) is 4.39 Å². The van der Waals surface area contributed by atoms with Crippen molar-refractivity contribution in [2.24, 2.45) is 7.05 Å². The fourth-order valence-corrected chi connectivity index (χ4v) is 4.78. The number of hydrogen-bond acceptors (Lipinski definition) is 1. The third-order valence-electron chi connectivity index (χ3n) is 5.77. The average Bonchev–Trinajstić information content (AvgIpc) is 3.05. The van der Waals surface area contributed by atoms with Gasteiger partial charge in [0.1, 0.15) is 5.82 Å². The molecule has 0 atom stereocenters. The van der Waals surface area contributed by atoms with Crippen LogP contribution in [0.4, 0.5) is 10.1 Å². The predicted octanol–water partition coefficient (Wildman–Crippen LogP) is 6.50. The maximum atomic E-state index is 13.5. The van der Waals surface area contributed by atoms with Crippen molar-refractivity contribution in [2.45, 2.75) is 44.7 Å². The minimum absolute atomic E-state index is 0.0936. The molecular weight excluding hydrogens is 405 g/mol. The van der Waals surface area contributed by atoms with E-state index in [-0.39, 0.29) is 5.02 Å². The van der Waals surface area contributed by atoms with Crippen molar-refractivity contribution >= 4 is 45.5 Å². The van der Waals surface area contributed by atoms with Crippen LogP contribution in [0.3, 0.4) is 0 Å². The van der Waals surface area contributed by atoms with E-state index in [1.54, 1.807) is 12.1 Å². The fraction of sp³-hybridized carbons (Fsp3) is 0.348. The summed E-state index contributed by atoms with van der Waals surface area (Å²) in [5, 5.41) is 5.29. The molecule has 1 fully saturated rings. The summed E-state index contributed by atoms with van der Waals surface area (Å²) in [5.41, 5.74) is 3.19. The van der Waals surface area contributed by atoms with Crippen LogP contribution in [0.1, 0.15) is 37.7 Å². The van der Waals surface area contributed by atoms with Gasteiger partial charge in [-0.1, -0.05) is 49.1 Å². The number of rotatable bonds is 4. The predicted molar refractivity (Wildman–Crippen MR) is 123 cm³/mol. The number of para-hydroxylation sites is 1. The molecule has 0 saturated heterocycles. The van der Waals surface area contributed by atoms with Crippen molar-refractivity contribution in [3.8, 4) is 0 Å². The van der Waals surface area contributed by atoms with Gasteiger partial charge in [0.15, 0.2) is 5.11 Å². The quantitative estimate of drug-likeness (QED) is 0.478. The van der Waals surface area contributed by atoms with Gasteiger partial charge < -0.3 is 14.8 Å². The Hall–Kier alpha value is -2.11. The van der Waals surface area contributed by atoms with E-state index in [4.69, 9.17) is 23.8 Å². The van der Waals surface area contributed by atoms with Gasteiger partial charge in [-0.15, -0.1) is 0 Å². The SMILES string of the molecule is Cn1cc(CN(C(=S)Nc2ccc(F)c(Cl)c2)C2CCCCC2)c2ccccc21. The van der Waals surface area contributed by atoms with Crippen LogP contribution >= 0.6 is 23.8 Å². The Morgan fingerprint density at radius 2 is 1.97 bits per heavy atom. The summed E-state index contributed by atoms with van der Waals surface area (Å²) < 4.78 is 15.7. The summed E-state index contributed by atoms with van der Waals surface area (Å²) in [7, 11) is 2.08. The first-order valence-electron chi connectivity index (χ1n) is 10.1. The molecule has 0 unspecified atom stereocenters. The highest BCUT2D eigenvalue weighted by Crippen LogP contribution is 2.28. The van der Waals surface area contributed by atoms with Crippen molar-refractivity contribution in [2.75, 3.05) is 5.32 Å². The second-order valence-electron chi connectivity index (χ2n) is 7.76. The molecular formula is C23H25ClFN3S. The van der Waals surface area contributed by atoms with Crippen molar-refractivity contribution in [1.29, 1.82) is 0 Å². The molecule has 3 aromatic rings. The van der Waals surface area contributed by atoms with Crippen molar-refractivity contribution < 1.29 is 4.39 Å². The maximum absolute atomic E-state index is 13.5. The molecule has 1 N–H and O–H groups in total. The van der Waals surface area contributed by atoms with Crippen LogP contribution in [0, 0.1) is 5.82 Å². The monoisotopic (exact) mass is 429 g/mol. The number of nitrogens with one attached hydrogen (secondary N) is 1. The number of benzene rings is 2. The van der Waals surface area contributed by atoms with Gasteiger partial charge in [0.2, 0.25) is 0 Å². The third kappa shape index (κ3) is 4.41. The Bertz CT molecular complexity index is 1030. The first-order chi connectivity index (χ1) is 14.0. The zero-order chi connectivity index (χ0) is 20.4. The molecule has 0 radical (unpaired) electrons. The van der Waals surface area contributed by atoms with Gasteiger partial charge in [-0.3, -0.25) is 0 Å². The summed E-state index contributed by atoms with van der Waals surface area (Å²) in [6.45, 7) is 0.743. The van der Waals surface area contributed by atoms with E-state index in [9.17, 15) is 4.39 Å². The molecule has 0 aliphatic heterocycles. The van der Waals surface area contributed by atoms with Gasteiger partial charge >= 0.3 is 0 Å². The number of anilines is 1. The highest BCUT2D eigenvalue weighted by atomic mass is 35.5. The lowest BCUT2D eigenvalue weighted by Gasteiger charge is -2.36. The van der Waals surface area contributed by atoms with Crippen LogP contribution in [0.15, 0.2) is 48.7 Å². The Labute approximate surface area is 181 Å². The topological polar surface area (TPSA) is 20.2 Å². The minimum Gasteiger partial charge on any atom is -0.350 e. The van der Waals surface area contributed by atoms with Gasteiger partial charge in [0.05, 0.1) is 5.02 Å². The van der Waals surface area contributed by atoms with Crippen molar-refractivity contribution in [3.63, 3.8) is 0 Å². The number of aryl methyl sites for hydroxylation is 1. The smallest absolute Gasteiger partial charge is 0.173 e. The molecule has 3 nitrogen and oxygen atoms in total. The molecule has 0 amide bonds. The largest absolute Gasteiger partial charge is 0.350 e. The highest BCUT2D eigenvalue weighted by Gasteiger charge is 2.25. The van der Waals surface area contributed by atoms with Gasteiger partial charge in [0.25, 0.3) is 0 Å². The van der Waals surface area contributed by atoms with E-state index in [1.807, 2.05) is 0 Å². The summed E-state index contributed by atoms with van der Waals surface area (Å²) in [4.78, 5) is 2.30. The third-order valence-corrected chi connectivity index (χ3v) is 6.39. The molecule has 1 aliphatic carbocycles. The zero-order valence-electron chi connectivity index (χ0n) is 16.5. The zero-order valence-corrected chi connectivity index (χ0v) is 18.1. The lowest BCUT2D eigenvalue weighted by atomic mass is 9.94. The van der Waals surface area contributed by atoms with Crippen LogP contribution in [0.2, 0.25) is 5.02 Å². The Balaban J connectivity index is 1.62. The molecule has 1 aromatic heterocycles. The number of halogens is 2. The molecule has 152 valence electrons. The molecule has 1 aliphatic rings. The highest BCUT2D eigenvalue weighted by molar-refractivity contribution is 7.80. The normalized spacial score (nSPS) is 14.9. The second kappa shape index (κ2) is 8.72. The van der Waals surface area contributed by atoms with Crippen LogP contribution in [-0.2, 0) is 13.6 Å². The minimum atomic E-state index is -0.428. The summed E-state index contributed by atoms with van der Waals surface area (Å²) >= 11 is 11.8. The first kappa shape index (κ1) is 20.2. The Morgan fingerprint density at radius 3 is 2.72 bits per heavy atom. The lowest BCUT2D eigenvalue weighted by Crippen LogP contribution is -2.43. The first-order valence-corrected chi connectivity index (χ1v) is 10.9. The van der Waals surface area contributed by atoms with Gasteiger partial charge in [0, 0.05) is 42.4 Å². The maximum Gasteiger partial charge on any atom is 0.173 e.